The number of likely N-dealkylation sites (N-methyl/N-ethyl adjacent to an activating group) is 1. The Morgan fingerprint density at radius 3 is 2.64 bits per heavy atom. The molecule has 4 rings (SSSR count). The summed E-state index contributed by atoms with van der Waals surface area (Å²) in [5.74, 6) is 1.53. The first-order chi connectivity index (χ1) is 15.7. The fourth-order valence-corrected chi connectivity index (χ4v) is 5.10. The van der Waals surface area contributed by atoms with Gasteiger partial charge in [0.2, 0.25) is 11.8 Å². The standard InChI is InChI=1S/C23H25ClN4O4S/c1-13-7-14(24)9-15(8-13)32-20-10-16-18(11-17(20)25)26-22(30)19(27(2)23(16)31)12-21(29)28-3-5-33-6-4-28/h7-11,19H,3-6,12,25H2,1-2H3,(H,26,30)/t19-/m0/s1. The van der Waals surface area contributed by atoms with E-state index in [4.69, 9.17) is 22.1 Å². The molecule has 0 saturated carbocycles. The molecule has 10 heteroatoms. The summed E-state index contributed by atoms with van der Waals surface area (Å²) >= 11 is 7.91. The van der Waals surface area contributed by atoms with Crippen molar-refractivity contribution in [2.24, 2.45) is 0 Å². The van der Waals surface area contributed by atoms with Crippen LogP contribution in [0.25, 0.3) is 0 Å². The molecule has 33 heavy (non-hydrogen) atoms. The Hall–Kier alpha value is -2.91. The van der Waals surface area contributed by atoms with E-state index in [9.17, 15) is 14.4 Å². The van der Waals surface area contributed by atoms with Crippen molar-refractivity contribution in [3.63, 3.8) is 0 Å². The summed E-state index contributed by atoms with van der Waals surface area (Å²) in [6, 6.07) is 7.33. The lowest BCUT2D eigenvalue weighted by Gasteiger charge is -2.30. The van der Waals surface area contributed by atoms with Gasteiger partial charge >= 0.3 is 0 Å². The van der Waals surface area contributed by atoms with E-state index in [0.29, 0.717) is 23.9 Å². The molecule has 3 N–H and O–H groups in total. The number of halogens is 1. The monoisotopic (exact) mass is 488 g/mol. The Kier molecular flexibility index (Phi) is 6.71. The summed E-state index contributed by atoms with van der Waals surface area (Å²) in [6.07, 6.45) is -0.0760. The van der Waals surface area contributed by atoms with Gasteiger partial charge in [0.25, 0.3) is 5.91 Å². The van der Waals surface area contributed by atoms with Crippen molar-refractivity contribution < 1.29 is 19.1 Å². The van der Waals surface area contributed by atoms with Gasteiger partial charge in [-0.2, -0.15) is 11.8 Å². The number of benzene rings is 2. The minimum Gasteiger partial charge on any atom is -0.455 e. The highest BCUT2D eigenvalue weighted by molar-refractivity contribution is 7.99. The van der Waals surface area contributed by atoms with E-state index in [-0.39, 0.29) is 35.0 Å². The molecular weight excluding hydrogens is 464 g/mol. The second kappa shape index (κ2) is 9.52. The van der Waals surface area contributed by atoms with Crippen LogP contribution in [0, 0.1) is 6.92 Å². The molecule has 0 spiro atoms. The molecule has 0 unspecified atom stereocenters. The summed E-state index contributed by atoms with van der Waals surface area (Å²) in [6.45, 7) is 3.18. The minimum absolute atomic E-state index is 0.0760. The number of ether oxygens (including phenoxy) is 1. The van der Waals surface area contributed by atoms with E-state index in [1.807, 2.05) is 6.92 Å². The molecule has 174 valence electrons. The van der Waals surface area contributed by atoms with Crippen molar-refractivity contribution in [3.8, 4) is 11.5 Å². The third-order valence-corrected chi connectivity index (χ3v) is 6.86. The molecule has 1 atom stereocenters. The number of carbonyl (C=O) groups is 3. The van der Waals surface area contributed by atoms with Gasteiger partial charge in [-0.1, -0.05) is 11.6 Å². The van der Waals surface area contributed by atoms with Crippen LogP contribution >= 0.6 is 23.4 Å². The van der Waals surface area contributed by atoms with Gasteiger partial charge in [0.15, 0.2) is 5.75 Å². The van der Waals surface area contributed by atoms with Crippen LogP contribution in [0.5, 0.6) is 11.5 Å². The number of aryl methyl sites for hydroxylation is 1. The number of nitrogens with one attached hydrogen (secondary N) is 1. The number of nitrogen functional groups attached to an aromatic ring is 1. The lowest BCUT2D eigenvalue weighted by Crippen LogP contribution is -2.47. The Labute approximate surface area is 201 Å². The highest BCUT2D eigenvalue weighted by Gasteiger charge is 2.36. The van der Waals surface area contributed by atoms with Crippen molar-refractivity contribution in [2.75, 3.05) is 42.7 Å². The van der Waals surface area contributed by atoms with Crippen LogP contribution in [-0.4, -0.2) is 65.2 Å². The van der Waals surface area contributed by atoms with E-state index in [2.05, 4.69) is 5.32 Å². The Balaban J connectivity index is 1.59. The van der Waals surface area contributed by atoms with Gasteiger partial charge in [0.1, 0.15) is 11.8 Å². The first-order valence-electron chi connectivity index (χ1n) is 10.5. The molecule has 3 amide bonds. The Bertz CT molecular complexity index is 1100. The molecule has 0 aliphatic carbocycles. The van der Waals surface area contributed by atoms with Gasteiger partial charge in [-0.25, -0.2) is 0 Å². The smallest absolute Gasteiger partial charge is 0.256 e. The highest BCUT2D eigenvalue weighted by atomic mass is 35.5. The average Bonchev–Trinajstić information content (AvgIpc) is 2.85. The SMILES string of the molecule is Cc1cc(Cl)cc(Oc2cc3c(cc2N)NC(=O)[C@H](CC(=O)N2CCSCC2)N(C)C3=O)c1. The summed E-state index contributed by atoms with van der Waals surface area (Å²) in [7, 11) is 1.53. The first kappa shape index (κ1) is 23.3. The zero-order chi connectivity index (χ0) is 23.7. The second-order valence-corrected chi connectivity index (χ2v) is 9.78. The number of nitrogens with zero attached hydrogens (tertiary/aromatic N) is 2. The largest absolute Gasteiger partial charge is 0.455 e. The topological polar surface area (TPSA) is 105 Å². The van der Waals surface area contributed by atoms with Crippen LogP contribution in [0.1, 0.15) is 22.3 Å². The van der Waals surface area contributed by atoms with Crippen molar-refractivity contribution in [2.45, 2.75) is 19.4 Å². The van der Waals surface area contributed by atoms with Gasteiger partial charge < -0.3 is 25.6 Å². The zero-order valence-corrected chi connectivity index (χ0v) is 20.0. The van der Waals surface area contributed by atoms with Crippen molar-refractivity contribution in [1.82, 2.24) is 9.80 Å². The van der Waals surface area contributed by atoms with Gasteiger partial charge in [0, 0.05) is 36.7 Å². The third kappa shape index (κ3) is 5.04. The fourth-order valence-electron chi connectivity index (χ4n) is 3.91. The van der Waals surface area contributed by atoms with Crippen molar-refractivity contribution >= 4 is 52.5 Å². The molecule has 2 aromatic rings. The lowest BCUT2D eigenvalue weighted by molar-refractivity contribution is -0.134. The van der Waals surface area contributed by atoms with Crippen LogP contribution < -0.4 is 15.8 Å². The summed E-state index contributed by atoms with van der Waals surface area (Å²) in [5.41, 5.74) is 7.84. The molecule has 2 aliphatic rings. The van der Waals surface area contributed by atoms with E-state index in [1.165, 1.54) is 24.1 Å². The maximum absolute atomic E-state index is 13.3. The van der Waals surface area contributed by atoms with Crippen molar-refractivity contribution in [3.05, 3.63) is 46.5 Å². The minimum atomic E-state index is -0.923. The second-order valence-electron chi connectivity index (χ2n) is 8.12. The Morgan fingerprint density at radius 1 is 1.21 bits per heavy atom. The number of amides is 3. The fraction of sp³-hybridized carbons (Fsp3) is 0.348. The molecular formula is C23H25ClN4O4S. The molecule has 2 aromatic carbocycles. The van der Waals surface area contributed by atoms with Gasteiger partial charge in [-0.3, -0.25) is 14.4 Å². The molecule has 8 nitrogen and oxygen atoms in total. The van der Waals surface area contributed by atoms with Gasteiger partial charge in [-0.05, 0) is 42.8 Å². The highest BCUT2D eigenvalue weighted by Crippen LogP contribution is 2.36. The average molecular weight is 489 g/mol. The van der Waals surface area contributed by atoms with Crippen molar-refractivity contribution in [1.29, 1.82) is 0 Å². The number of fused-ring (bicyclic) bond motifs is 1. The summed E-state index contributed by atoms with van der Waals surface area (Å²) < 4.78 is 5.90. The van der Waals surface area contributed by atoms with Crippen LogP contribution in [0.4, 0.5) is 11.4 Å². The van der Waals surface area contributed by atoms with E-state index in [0.717, 1.165) is 17.1 Å². The molecule has 2 heterocycles. The maximum atomic E-state index is 13.3. The lowest BCUT2D eigenvalue weighted by atomic mass is 10.1. The van der Waals surface area contributed by atoms with Crippen LogP contribution in [0.3, 0.4) is 0 Å². The Morgan fingerprint density at radius 2 is 1.94 bits per heavy atom. The number of thioether (sulfide) groups is 1. The molecule has 0 radical (unpaired) electrons. The predicted molar refractivity (Wildman–Crippen MR) is 130 cm³/mol. The summed E-state index contributed by atoms with van der Waals surface area (Å²) in [4.78, 5) is 42.0. The molecule has 1 saturated heterocycles. The normalized spacial score (nSPS) is 18.5. The molecule has 0 bridgehead atoms. The zero-order valence-electron chi connectivity index (χ0n) is 18.4. The number of anilines is 2. The first-order valence-corrected chi connectivity index (χ1v) is 12.1. The number of carbonyl (C=O) groups excluding carboxylic acids is 3. The third-order valence-electron chi connectivity index (χ3n) is 5.70. The van der Waals surface area contributed by atoms with E-state index < -0.39 is 17.9 Å². The van der Waals surface area contributed by atoms with Crippen LogP contribution in [0.15, 0.2) is 30.3 Å². The van der Waals surface area contributed by atoms with E-state index >= 15 is 0 Å². The maximum Gasteiger partial charge on any atom is 0.256 e. The number of hydrogen-bond donors (Lipinski definition) is 2. The van der Waals surface area contributed by atoms with E-state index in [1.54, 1.807) is 34.9 Å². The summed E-state index contributed by atoms with van der Waals surface area (Å²) in [5, 5.41) is 3.27. The molecule has 0 aromatic heterocycles. The molecule has 2 aliphatic heterocycles. The van der Waals surface area contributed by atoms with Gasteiger partial charge in [-0.15, -0.1) is 0 Å². The van der Waals surface area contributed by atoms with Crippen LogP contribution in [-0.2, 0) is 9.59 Å². The van der Waals surface area contributed by atoms with Crippen LogP contribution in [0.2, 0.25) is 5.02 Å². The predicted octanol–water partition coefficient (Wildman–Crippen LogP) is 3.38. The number of hydrogen-bond acceptors (Lipinski definition) is 6. The van der Waals surface area contributed by atoms with Gasteiger partial charge in [0.05, 0.1) is 23.4 Å². The number of nitrogens with two attached hydrogens (primary N) is 1. The quantitative estimate of drug-likeness (QED) is 0.639. The number of rotatable bonds is 4. The molecule has 1 fully saturated rings.